The third-order valence-electron chi connectivity index (χ3n) is 4.98. The van der Waals surface area contributed by atoms with Crippen LogP contribution in [0.1, 0.15) is 34.7 Å². The summed E-state index contributed by atoms with van der Waals surface area (Å²) in [7, 11) is 0. The van der Waals surface area contributed by atoms with E-state index in [0.29, 0.717) is 5.56 Å². The standard InChI is InChI=1S/C24H25N3O5/c1-15-6-8-18(9-7-15)19(13-21(29)30)25-24(32)26-22-20(28)10-11-27(23(22)31)14-17-5-3-4-16(2)12-17/h3-12,19,28H,13-14H2,1-2H3,(H,29,30)(H2,25,26,32)/t19-/m0/s1. The maximum atomic E-state index is 12.9. The number of nitrogens with one attached hydrogen (secondary N) is 2. The smallest absolute Gasteiger partial charge is 0.319 e. The van der Waals surface area contributed by atoms with Crippen molar-refractivity contribution in [3.05, 3.63) is 93.4 Å². The van der Waals surface area contributed by atoms with Gasteiger partial charge in [-0.1, -0.05) is 59.7 Å². The third kappa shape index (κ3) is 5.75. The summed E-state index contributed by atoms with van der Waals surface area (Å²) in [4.78, 5) is 36.7. The number of carboxylic acid groups (broad SMARTS) is 1. The molecule has 3 rings (SSSR count). The minimum atomic E-state index is -1.08. The van der Waals surface area contributed by atoms with Crippen molar-refractivity contribution in [2.24, 2.45) is 0 Å². The first kappa shape index (κ1) is 22.6. The minimum Gasteiger partial charge on any atom is -0.505 e. The molecule has 0 saturated carbocycles. The number of carboxylic acids is 1. The largest absolute Gasteiger partial charge is 0.505 e. The Morgan fingerprint density at radius 1 is 1.03 bits per heavy atom. The van der Waals surface area contributed by atoms with Gasteiger partial charge in [-0.2, -0.15) is 0 Å². The van der Waals surface area contributed by atoms with Crippen LogP contribution in [0.3, 0.4) is 0 Å². The number of hydrogen-bond acceptors (Lipinski definition) is 4. The lowest BCUT2D eigenvalue weighted by molar-refractivity contribution is -0.137. The Bertz CT molecular complexity index is 1180. The molecule has 0 saturated heterocycles. The lowest BCUT2D eigenvalue weighted by Gasteiger charge is -2.18. The lowest BCUT2D eigenvalue weighted by atomic mass is 10.0. The van der Waals surface area contributed by atoms with Crippen LogP contribution in [0.4, 0.5) is 10.5 Å². The van der Waals surface area contributed by atoms with Crippen LogP contribution in [0.15, 0.2) is 65.6 Å². The number of amides is 2. The van der Waals surface area contributed by atoms with Crippen LogP contribution in [0.25, 0.3) is 0 Å². The second-order valence-corrected chi connectivity index (χ2v) is 7.66. The van der Waals surface area contributed by atoms with Crippen molar-refractivity contribution in [2.75, 3.05) is 5.32 Å². The van der Waals surface area contributed by atoms with Crippen molar-refractivity contribution in [1.82, 2.24) is 9.88 Å². The predicted molar refractivity (Wildman–Crippen MR) is 121 cm³/mol. The lowest BCUT2D eigenvalue weighted by Crippen LogP contribution is -2.36. The van der Waals surface area contributed by atoms with E-state index >= 15 is 0 Å². The SMILES string of the molecule is Cc1ccc([C@H](CC(=O)O)NC(=O)Nc2c(O)ccn(Cc3cccc(C)c3)c2=O)cc1. The molecule has 0 aliphatic rings. The Kier molecular flexibility index (Phi) is 6.94. The Labute approximate surface area is 185 Å². The van der Waals surface area contributed by atoms with E-state index in [2.05, 4.69) is 10.6 Å². The fourth-order valence-electron chi connectivity index (χ4n) is 3.35. The molecule has 1 heterocycles. The van der Waals surface area contributed by atoms with Crippen LogP contribution in [0.5, 0.6) is 5.75 Å². The fourth-order valence-corrected chi connectivity index (χ4v) is 3.35. The molecule has 2 aromatic carbocycles. The highest BCUT2D eigenvalue weighted by atomic mass is 16.4. The number of aryl methyl sites for hydroxylation is 2. The van der Waals surface area contributed by atoms with Gasteiger partial charge in [0.15, 0.2) is 5.69 Å². The number of carbonyl (C=O) groups excluding carboxylic acids is 1. The molecule has 0 bridgehead atoms. The predicted octanol–water partition coefficient (Wildman–Crippen LogP) is 3.56. The van der Waals surface area contributed by atoms with Gasteiger partial charge in [-0.3, -0.25) is 9.59 Å². The van der Waals surface area contributed by atoms with E-state index in [9.17, 15) is 24.6 Å². The first-order valence-corrected chi connectivity index (χ1v) is 10.1. The number of hydrogen-bond donors (Lipinski definition) is 4. The van der Waals surface area contributed by atoms with Crippen LogP contribution in [0.2, 0.25) is 0 Å². The highest BCUT2D eigenvalue weighted by Crippen LogP contribution is 2.20. The van der Waals surface area contributed by atoms with Gasteiger partial charge in [0.25, 0.3) is 5.56 Å². The monoisotopic (exact) mass is 435 g/mol. The molecule has 2 amide bonds. The van der Waals surface area contributed by atoms with E-state index in [-0.39, 0.29) is 24.4 Å². The minimum absolute atomic E-state index is 0.266. The number of nitrogens with zero attached hydrogens (tertiary/aromatic N) is 1. The molecule has 0 aliphatic heterocycles. The number of carbonyl (C=O) groups is 2. The molecular weight excluding hydrogens is 410 g/mol. The molecule has 8 nitrogen and oxygen atoms in total. The van der Waals surface area contributed by atoms with Crippen LogP contribution in [0, 0.1) is 13.8 Å². The molecule has 0 unspecified atom stereocenters. The van der Waals surface area contributed by atoms with E-state index in [0.717, 1.165) is 16.7 Å². The van der Waals surface area contributed by atoms with E-state index in [1.807, 2.05) is 50.2 Å². The molecule has 32 heavy (non-hydrogen) atoms. The molecular formula is C24H25N3O5. The number of rotatable bonds is 7. The van der Waals surface area contributed by atoms with Gasteiger partial charge in [0.05, 0.1) is 19.0 Å². The van der Waals surface area contributed by atoms with E-state index < -0.39 is 23.6 Å². The van der Waals surface area contributed by atoms with Gasteiger partial charge in [0, 0.05) is 6.20 Å². The number of aromatic hydroxyl groups is 1. The molecule has 1 aromatic heterocycles. The third-order valence-corrected chi connectivity index (χ3v) is 4.98. The summed E-state index contributed by atoms with van der Waals surface area (Å²) in [6.07, 6.45) is 1.11. The molecule has 3 aromatic rings. The van der Waals surface area contributed by atoms with E-state index in [1.54, 1.807) is 12.1 Å². The average Bonchev–Trinajstić information content (AvgIpc) is 2.73. The zero-order valence-corrected chi connectivity index (χ0v) is 17.8. The van der Waals surface area contributed by atoms with Crippen LogP contribution in [-0.4, -0.2) is 26.8 Å². The summed E-state index contributed by atoms with van der Waals surface area (Å²) in [5, 5.41) is 24.3. The Morgan fingerprint density at radius 2 is 1.75 bits per heavy atom. The van der Waals surface area contributed by atoms with E-state index in [1.165, 1.54) is 16.8 Å². The number of aliphatic carboxylic acids is 1. The average molecular weight is 435 g/mol. The van der Waals surface area contributed by atoms with Gasteiger partial charge in [0.2, 0.25) is 0 Å². The van der Waals surface area contributed by atoms with Crippen molar-refractivity contribution in [1.29, 1.82) is 0 Å². The first-order valence-electron chi connectivity index (χ1n) is 10.1. The Hall–Kier alpha value is -4.07. The number of urea groups is 1. The highest BCUT2D eigenvalue weighted by molar-refractivity contribution is 5.91. The van der Waals surface area contributed by atoms with Crippen molar-refractivity contribution in [3.8, 4) is 5.75 Å². The number of pyridine rings is 1. The zero-order chi connectivity index (χ0) is 23.3. The Balaban J connectivity index is 1.80. The highest BCUT2D eigenvalue weighted by Gasteiger charge is 2.20. The number of anilines is 1. The summed E-state index contributed by atoms with van der Waals surface area (Å²) < 4.78 is 1.37. The summed E-state index contributed by atoms with van der Waals surface area (Å²) in [5.74, 6) is -1.46. The summed E-state index contributed by atoms with van der Waals surface area (Å²) in [6.45, 7) is 4.11. The van der Waals surface area contributed by atoms with E-state index in [4.69, 9.17) is 0 Å². The van der Waals surface area contributed by atoms with Gasteiger partial charge < -0.3 is 25.4 Å². The number of benzene rings is 2. The van der Waals surface area contributed by atoms with Gasteiger partial charge in [-0.15, -0.1) is 0 Å². The topological polar surface area (TPSA) is 121 Å². The molecule has 0 radical (unpaired) electrons. The van der Waals surface area contributed by atoms with Crippen LogP contribution < -0.4 is 16.2 Å². The Morgan fingerprint density at radius 3 is 2.41 bits per heavy atom. The molecule has 8 heteroatoms. The van der Waals surface area contributed by atoms with Crippen LogP contribution >= 0.6 is 0 Å². The summed E-state index contributed by atoms with van der Waals surface area (Å²) >= 11 is 0. The van der Waals surface area contributed by atoms with Gasteiger partial charge >= 0.3 is 12.0 Å². The second kappa shape index (κ2) is 9.82. The van der Waals surface area contributed by atoms with Crippen LogP contribution in [-0.2, 0) is 11.3 Å². The zero-order valence-electron chi connectivity index (χ0n) is 17.8. The fraction of sp³-hybridized carbons (Fsp3) is 0.208. The molecule has 0 fully saturated rings. The molecule has 166 valence electrons. The van der Waals surface area contributed by atoms with Gasteiger partial charge in [-0.25, -0.2) is 4.79 Å². The second-order valence-electron chi connectivity index (χ2n) is 7.66. The molecule has 1 atom stereocenters. The summed E-state index contributed by atoms with van der Waals surface area (Å²) in [5.41, 5.74) is 2.70. The molecule has 0 spiro atoms. The van der Waals surface area contributed by atoms with Crippen molar-refractivity contribution < 1.29 is 19.8 Å². The molecule has 0 aliphatic carbocycles. The van der Waals surface area contributed by atoms with Crippen molar-refractivity contribution >= 4 is 17.7 Å². The quantitative estimate of drug-likeness (QED) is 0.452. The molecule has 4 N–H and O–H groups in total. The van der Waals surface area contributed by atoms with Gasteiger partial charge in [0.1, 0.15) is 5.75 Å². The summed E-state index contributed by atoms with van der Waals surface area (Å²) in [6, 6.07) is 14.5. The van der Waals surface area contributed by atoms with Gasteiger partial charge in [-0.05, 0) is 31.0 Å². The number of aromatic nitrogens is 1. The maximum absolute atomic E-state index is 12.9. The van der Waals surface area contributed by atoms with Crippen molar-refractivity contribution in [3.63, 3.8) is 0 Å². The maximum Gasteiger partial charge on any atom is 0.319 e. The van der Waals surface area contributed by atoms with Crippen molar-refractivity contribution in [2.45, 2.75) is 32.9 Å². The first-order chi connectivity index (χ1) is 15.2. The normalized spacial score (nSPS) is 11.6.